The van der Waals surface area contributed by atoms with E-state index in [-0.39, 0.29) is 18.5 Å². The van der Waals surface area contributed by atoms with Crippen molar-refractivity contribution < 1.29 is 14.3 Å². The average molecular weight is 331 g/mol. The molecule has 6 nitrogen and oxygen atoms in total. The highest BCUT2D eigenvalue weighted by Crippen LogP contribution is 2.20. The van der Waals surface area contributed by atoms with Gasteiger partial charge in [-0.15, -0.1) is 0 Å². The summed E-state index contributed by atoms with van der Waals surface area (Å²) < 4.78 is 4.79. The molecule has 1 aromatic carbocycles. The number of ether oxygens (including phenoxy) is 1. The van der Waals surface area contributed by atoms with E-state index in [0.717, 1.165) is 18.4 Å². The summed E-state index contributed by atoms with van der Waals surface area (Å²) in [5.74, 6) is -0.235. The van der Waals surface area contributed by atoms with Gasteiger partial charge in [-0.3, -0.25) is 4.79 Å². The largest absolute Gasteiger partial charge is 0.375 e. The minimum Gasteiger partial charge on any atom is -0.375 e. The quantitative estimate of drug-likeness (QED) is 0.700. The molecule has 1 aromatic rings. The highest BCUT2D eigenvalue weighted by Gasteiger charge is 2.09. The third-order valence-corrected chi connectivity index (χ3v) is 3.91. The van der Waals surface area contributed by atoms with Crippen LogP contribution in [-0.2, 0) is 9.53 Å². The van der Waals surface area contributed by atoms with Crippen molar-refractivity contribution in [1.29, 1.82) is 0 Å². The van der Waals surface area contributed by atoms with Crippen molar-refractivity contribution in [1.82, 2.24) is 5.32 Å². The van der Waals surface area contributed by atoms with Crippen molar-refractivity contribution in [3.8, 4) is 0 Å². The zero-order valence-electron chi connectivity index (χ0n) is 14.3. The van der Waals surface area contributed by atoms with Crippen LogP contribution in [0, 0.1) is 6.92 Å². The van der Waals surface area contributed by atoms with Crippen LogP contribution in [0.3, 0.4) is 0 Å². The first-order chi connectivity index (χ1) is 11.6. The summed E-state index contributed by atoms with van der Waals surface area (Å²) in [5, 5.41) is 8.44. The van der Waals surface area contributed by atoms with Crippen molar-refractivity contribution in [3.05, 3.63) is 35.4 Å². The van der Waals surface area contributed by atoms with Gasteiger partial charge in [0.05, 0.1) is 0 Å². The molecule has 24 heavy (non-hydrogen) atoms. The van der Waals surface area contributed by atoms with Crippen LogP contribution in [0.15, 0.2) is 29.8 Å². The van der Waals surface area contributed by atoms with Gasteiger partial charge in [-0.25, -0.2) is 4.79 Å². The van der Waals surface area contributed by atoms with Gasteiger partial charge in [0, 0.05) is 25.0 Å². The number of hydrogen-bond donors (Lipinski definition) is 3. The van der Waals surface area contributed by atoms with Crippen LogP contribution in [0.5, 0.6) is 0 Å². The number of aryl methyl sites for hydroxylation is 1. The fraction of sp³-hybridized carbons (Fsp3) is 0.444. The van der Waals surface area contributed by atoms with Crippen molar-refractivity contribution in [2.24, 2.45) is 0 Å². The van der Waals surface area contributed by atoms with E-state index >= 15 is 0 Å². The smallest absolute Gasteiger partial charge is 0.319 e. The predicted octanol–water partition coefficient (Wildman–Crippen LogP) is 3.20. The van der Waals surface area contributed by atoms with Gasteiger partial charge in [0.25, 0.3) is 0 Å². The lowest BCUT2D eigenvalue weighted by Gasteiger charge is -2.15. The van der Waals surface area contributed by atoms with Gasteiger partial charge >= 0.3 is 6.03 Å². The molecule has 0 saturated heterocycles. The first-order valence-corrected chi connectivity index (χ1v) is 8.20. The number of amides is 3. The third-order valence-electron chi connectivity index (χ3n) is 3.91. The van der Waals surface area contributed by atoms with Crippen LogP contribution in [0.2, 0.25) is 0 Å². The van der Waals surface area contributed by atoms with E-state index in [2.05, 4.69) is 22.0 Å². The molecule has 0 radical (unpaired) electrons. The van der Waals surface area contributed by atoms with Gasteiger partial charge in [0.1, 0.15) is 6.61 Å². The number of methoxy groups -OCH3 is 1. The summed E-state index contributed by atoms with van der Waals surface area (Å²) >= 11 is 0. The molecule has 6 heteroatoms. The number of nitrogens with one attached hydrogen (secondary N) is 3. The second kappa shape index (κ2) is 9.08. The summed E-state index contributed by atoms with van der Waals surface area (Å²) in [6, 6.07) is 5.13. The van der Waals surface area contributed by atoms with Crippen LogP contribution in [0.25, 0.3) is 0 Å². The highest BCUT2D eigenvalue weighted by atomic mass is 16.5. The lowest BCUT2D eigenvalue weighted by molar-refractivity contribution is -0.119. The molecular weight excluding hydrogens is 306 g/mol. The number of hydrogen-bond acceptors (Lipinski definition) is 3. The van der Waals surface area contributed by atoms with E-state index in [1.165, 1.54) is 25.5 Å². The second-order valence-corrected chi connectivity index (χ2v) is 5.93. The fourth-order valence-electron chi connectivity index (χ4n) is 2.59. The minimum absolute atomic E-state index is 0.00770. The summed E-state index contributed by atoms with van der Waals surface area (Å²) in [4.78, 5) is 23.7. The summed E-state index contributed by atoms with van der Waals surface area (Å²) in [5.41, 5.74) is 3.49. The number of urea groups is 1. The van der Waals surface area contributed by atoms with Crippen LogP contribution < -0.4 is 16.0 Å². The van der Waals surface area contributed by atoms with Gasteiger partial charge in [0.15, 0.2) is 0 Å². The Bertz CT molecular complexity index is 626. The molecule has 1 aliphatic rings. The summed E-state index contributed by atoms with van der Waals surface area (Å²) in [7, 11) is 1.47. The number of rotatable bonds is 6. The molecule has 0 fully saturated rings. The minimum atomic E-state index is -0.245. The van der Waals surface area contributed by atoms with E-state index in [4.69, 9.17) is 4.74 Å². The Hall–Kier alpha value is -2.34. The molecule has 130 valence electrons. The van der Waals surface area contributed by atoms with E-state index < -0.39 is 0 Å². The molecule has 0 heterocycles. The number of carbonyl (C=O) groups excluding carboxylic acids is 2. The number of benzene rings is 1. The molecule has 0 aromatic heterocycles. The van der Waals surface area contributed by atoms with E-state index in [9.17, 15) is 9.59 Å². The number of carbonyl (C=O) groups is 2. The summed E-state index contributed by atoms with van der Waals surface area (Å²) in [6.45, 7) is 2.47. The van der Waals surface area contributed by atoms with Gasteiger partial charge in [-0.2, -0.15) is 0 Å². The molecule has 0 saturated carbocycles. The van der Waals surface area contributed by atoms with Crippen molar-refractivity contribution in [2.45, 2.75) is 32.6 Å². The Balaban J connectivity index is 1.91. The third kappa shape index (κ3) is 5.70. The molecule has 0 bridgehead atoms. The Morgan fingerprint density at radius 1 is 1.21 bits per heavy atom. The number of anilines is 2. The van der Waals surface area contributed by atoms with Gasteiger partial charge in [0.2, 0.25) is 5.91 Å². The molecule has 2 rings (SSSR count). The molecule has 0 spiro atoms. The lowest BCUT2D eigenvalue weighted by atomic mass is 10.00. The van der Waals surface area contributed by atoms with Gasteiger partial charge in [-0.05, 0) is 50.3 Å². The van der Waals surface area contributed by atoms with Crippen LogP contribution in [0.1, 0.15) is 31.2 Å². The zero-order chi connectivity index (χ0) is 17.4. The Kier molecular flexibility index (Phi) is 6.81. The Morgan fingerprint density at radius 3 is 2.75 bits per heavy atom. The standard InChI is InChI=1S/C18H25N3O3/c1-13-8-9-15(20-17(22)12-24-2)10-16(13)21-18(23)19-11-14-6-4-3-5-7-14/h6,8-10H,3-5,7,11-12H2,1-2H3,(H,20,22)(H2,19,21,23). The van der Waals surface area contributed by atoms with E-state index in [1.54, 1.807) is 12.1 Å². The molecule has 0 atom stereocenters. The average Bonchev–Trinajstić information content (AvgIpc) is 2.57. The maximum Gasteiger partial charge on any atom is 0.319 e. The zero-order valence-corrected chi connectivity index (χ0v) is 14.3. The van der Waals surface area contributed by atoms with Crippen LogP contribution in [0.4, 0.5) is 16.2 Å². The van der Waals surface area contributed by atoms with Gasteiger partial charge in [-0.1, -0.05) is 17.7 Å². The second-order valence-electron chi connectivity index (χ2n) is 5.93. The molecule has 3 amide bonds. The normalized spacial score (nSPS) is 13.8. The number of allylic oxidation sites excluding steroid dienone is 1. The Labute approximate surface area is 142 Å². The van der Waals surface area contributed by atoms with Crippen LogP contribution >= 0.6 is 0 Å². The fourth-order valence-corrected chi connectivity index (χ4v) is 2.59. The first-order valence-electron chi connectivity index (χ1n) is 8.20. The van der Waals surface area contributed by atoms with E-state index in [0.29, 0.717) is 17.9 Å². The molecular formula is C18H25N3O3. The van der Waals surface area contributed by atoms with Gasteiger partial charge < -0.3 is 20.7 Å². The first kappa shape index (κ1) is 18.0. The molecule has 1 aliphatic carbocycles. The SMILES string of the molecule is COCC(=O)Nc1ccc(C)c(NC(=O)NCC2=CCCCC2)c1. The van der Waals surface area contributed by atoms with Crippen molar-refractivity contribution >= 4 is 23.3 Å². The van der Waals surface area contributed by atoms with Crippen molar-refractivity contribution in [2.75, 3.05) is 30.9 Å². The topological polar surface area (TPSA) is 79.5 Å². The van der Waals surface area contributed by atoms with Crippen LogP contribution in [-0.4, -0.2) is 32.2 Å². The van der Waals surface area contributed by atoms with Crippen molar-refractivity contribution in [3.63, 3.8) is 0 Å². The maximum atomic E-state index is 12.1. The summed E-state index contributed by atoms with van der Waals surface area (Å²) in [6.07, 6.45) is 6.79. The Morgan fingerprint density at radius 2 is 2.04 bits per heavy atom. The maximum absolute atomic E-state index is 12.1. The molecule has 0 unspecified atom stereocenters. The monoisotopic (exact) mass is 331 g/mol. The molecule has 0 aliphatic heterocycles. The lowest BCUT2D eigenvalue weighted by Crippen LogP contribution is -2.31. The molecule has 3 N–H and O–H groups in total. The predicted molar refractivity (Wildman–Crippen MR) is 95.3 cm³/mol. The van der Waals surface area contributed by atoms with E-state index in [1.807, 2.05) is 13.0 Å². The highest BCUT2D eigenvalue weighted by molar-refractivity contribution is 5.94.